The van der Waals surface area contributed by atoms with Gasteiger partial charge < -0.3 is 14.3 Å². The molecule has 4 nitrogen and oxygen atoms in total. The van der Waals surface area contributed by atoms with Crippen molar-refractivity contribution in [2.45, 2.75) is 13.0 Å². The van der Waals surface area contributed by atoms with Gasteiger partial charge in [0.2, 0.25) is 5.90 Å². The lowest BCUT2D eigenvalue weighted by molar-refractivity contribution is 0.169. The molecule has 2 N–H and O–H groups in total. The first-order valence-corrected chi connectivity index (χ1v) is 4.17. The van der Waals surface area contributed by atoms with Gasteiger partial charge in [0.15, 0.2) is 11.3 Å². The van der Waals surface area contributed by atoms with Crippen LogP contribution < -0.4 is 0 Å². The van der Waals surface area contributed by atoms with E-state index < -0.39 is 6.10 Å². The second kappa shape index (κ2) is 4.30. The van der Waals surface area contributed by atoms with Crippen LogP contribution in [0.2, 0.25) is 5.22 Å². The predicted octanol–water partition coefficient (Wildman–Crippen LogP) is 1.98. The smallest absolute Gasteiger partial charge is 0.218 e. The van der Waals surface area contributed by atoms with Gasteiger partial charge in [-0.3, -0.25) is 5.41 Å². The highest BCUT2D eigenvalue weighted by Gasteiger charge is 2.18. The first-order valence-electron chi connectivity index (χ1n) is 3.79. The summed E-state index contributed by atoms with van der Waals surface area (Å²) in [6.45, 7) is 2.07. The summed E-state index contributed by atoms with van der Waals surface area (Å²) in [5, 5.41) is 16.9. The standard InChI is InChI=1S/C8H10ClNO3/c1-2-12-8(10)7(11)5-3-4-6(9)13-5/h3-4,7,10-11H,2H2,1H3. The number of halogens is 1. The Bertz CT molecular complexity index is 297. The largest absolute Gasteiger partial charge is 0.479 e. The van der Waals surface area contributed by atoms with Crippen molar-refractivity contribution < 1.29 is 14.3 Å². The van der Waals surface area contributed by atoms with Crippen molar-refractivity contribution in [2.75, 3.05) is 6.61 Å². The van der Waals surface area contributed by atoms with Gasteiger partial charge in [-0.05, 0) is 30.7 Å². The minimum atomic E-state index is -1.17. The van der Waals surface area contributed by atoms with Crippen LogP contribution in [0.25, 0.3) is 0 Å². The molecule has 0 aromatic carbocycles. The van der Waals surface area contributed by atoms with Crippen molar-refractivity contribution >= 4 is 17.5 Å². The van der Waals surface area contributed by atoms with Gasteiger partial charge in [0.1, 0.15) is 5.76 Å². The summed E-state index contributed by atoms with van der Waals surface area (Å²) in [7, 11) is 0. The minimum Gasteiger partial charge on any atom is -0.479 e. The number of nitrogens with one attached hydrogen (secondary N) is 1. The molecule has 0 saturated carbocycles. The molecule has 0 radical (unpaired) electrons. The molecule has 0 amide bonds. The Morgan fingerprint density at radius 2 is 2.46 bits per heavy atom. The average Bonchev–Trinajstić information content (AvgIpc) is 2.51. The lowest BCUT2D eigenvalue weighted by Crippen LogP contribution is -2.13. The number of ether oxygens (including phenoxy) is 1. The first-order chi connectivity index (χ1) is 6.15. The third-order valence-corrected chi connectivity index (χ3v) is 1.61. The fourth-order valence-electron chi connectivity index (χ4n) is 0.839. The van der Waals surface area contributed by atoms with Crippen LogP contribution in [0.4, 0.5) is 0 Å². The lowest BCUT2D eigenvalue weighted by Gasteiger charge is -2.08. The summed E-state index contributed by atoms with van der Waals surface area (Å²) < 4.78 is 9.70. The molecule has 0 fully saturated rings. The van der Waals surface area contributed by atoms with E-state index in [0.717, 1.165) is 0 Å². The summed E-state index contributed by atoms with van der Waals surface area (Å²) in [6.07, 6.45) is -1.17. The van der Waals surface area contributed by atoms with Crippen LogP contribution in [0.3, 0.4) is 0 Å². The van der Waals surface area contributed by atoms with Crippen LogP contribution >= 0.6 is 11.6 Å². The summed E-state index contributed by atoms with van der Waals surface area (Å²) in [5.41, 5.74) is 0. The normalized spacial score (nSPS) is 12.5. The van der Waals surface area contributed by atoms with Gasteiger partial charge in [0.25, 0.3) is 0 Å². The molecule has 72 valence electrons. The van der Waals surface area contributed by atoms with E-state index in [9.17, 15) is 5.11 Å². The predicted molar refractivity (Wildman–Crippen MR) is 48.0 cm³/mol. The van der Waals surface area contributed by atoms with E-state index in [1.807, 2.05) is 0 Å². The molecule has 1 atom stereocenters. The number of rotatable bonds is 3. The molecule has 0 aliphatic carbocycles. The Balaban J connectivity index is 2.67. The third kappa shape index (κ3) is 2.47. The fraction of sp³-hybridized carbons (Fsp3) is 0.375. The molecule has 0 spiro atoms. The van der Waals surface area contributed by atoms with Crippen molar-refractivity contribution in [1.82, 2.24) is 0 Å². The summed E-state index contributed by atoms with van der Waals surface area (Å²) >= 11 is 5.50. The number of aliphatic hydroxyl groups is 1. The highest BCUT2D eigenvalue weighted by atomic mass is 35.5. The molecule has 1 aromatic heterocycles. The van der Waals surface area contributed by atoms with E-state index in [0.29, 0.717) is 6.61 Å². The molecule has 0 bridgehead atoms. The van der Waals surface area contributed by atoms with E-state index in [1.165, 1.54) is 12.1 Å². The van der Waals surface area contributed by atoms with Gasteiger partial charge in [-0.2, -0.15) is 0 Å². The van der Waals surface area contributed by atoms with E-state index >= 15 is 0 Å². The second-order valence-electron chi connectivity index (χ2n) is 2.34. The lowest BCUT2D eigenvalue weighted by atomic mass is 10.3. The van der Waals surface area contributed by atoms with Crippen molar-refractivity contribution in [3.63, 3.8) is 0 Å². The Kier molecular flexibility index (Phi) is 3.33. The van der Waals surface area contributed by atoms with E-state index in [1.54, 1.807) is 6.92 Å². The first kappa shape index (κ1) is 10.1. The summed E-state index contributed by atoms with van der Waals surface area (Å²) in [5.74, 6) is -0.0306. The Morgan fingerprint density at radius 1 is 1.77 bits per heavy atom. The van der Waals surface area contributed by atoms with Crippen molar-refractivity contribution in [3.05, 3.63) is 23.1 Å². The summed E-state index contributed by atoms with van der Waals surface area (Å²) in [6, 6.07) is 3.00. The van der Waals surface area contributed by atoms with E-state index in [4.69, 9.17) is 26.2 Å². The second-order valence-corrected chi connectivity index (χ2v) is 2.71. The molecule has 1 unspecified atom stereocenters. The quantitative estimate of drug-likeness (QED) is 0.583. The van der Waals surface area contributed by atoms with Gasteiger partial charge in [0, 0.05) is 0 Å². The van der Waals surface area contributed by atoms with Gasteiger partial charge in [-0.15, -0.1) is 0 Å². The Morgan fingerprint density at radius 3 is 2.92 bits per heavy atom. The molecule has 0 saturated heterocycles. The van der Waals surface area contributed by atoms with Gasteiger partial charge in [0.05, 0.1) is 6.61 Å². The van der Waals surface area contributed by atoms with E-state index in [-0.39, 0.29) is 16.9 Å². The average molecular weight is 204 g/mol. The van der Waals surface area contributed by atoms with Crippen LogP contribution in [0.15, 0.2) is 16.5 Å². The molecule has 13 heavy (non-hydrogen) atoms. The fourth-order valence-corrected chi connectivity index (χ4v) is 0.991. The molecule has 1 aromatic rings. The van der Waals surface area contributed by atoms with Crippen molar-refractivity contribution in [2.24, 2.45) is 0 Å². The van der Waals surface area contributed by atoms with Crippen molar-refractivity contribution in [3.8, 4) is 0 Å². The van der Waals surface area contributed by atoms with Gasteiger partial charge in [-0.25, -0.2) is 0 Å². The zero-order valence-electron chi connectivity index (χ0n) is 7.08. The van der Waals surface area contributed by atoms with Crippen molar-refractivity contribution in [1.29, 1.82) is 5.41 Å². The maximum absolute atomic E-state index is 9.43. The topological polar surface area (TPSA) is 66.5 Å². The molecule has 0 aliphatic heterocycles. The number of hydrogen-bond acceptors (Lipinski definition) is 4. The highest BCUT2D eigenvalue weighted by molar-refractivity contribution is 6.28. The van der Waals surface area contributed by atoms with Crippen LogP contribution in [-0.4, -0.2) is 17.6 Å². The monoisotopic (exact) mass is 203 g/mol. The molecule has 5 heteroatoms. The SMILES string of the molecule is CCOC(=N)C(O)c1ccc(Cl)o1. The van der Waals surface area contributed by atoms with Crippen LogP contribution in [0.5, 0.6) is 0 Å². The Labute approximate surface area is 80.6 Å². The molecule has 0 aliphatic rings. The van der Waals surface area contributed by atoms with Gasteiger partial charge >= 0.3 is 0 Å². The molecular weight excluding hydrogens is 194 g/mol. The Hall–Kier alpha value is -1.00. The molecule has 1 rings (SSSR count). The van der Waals surface area contributed by atoms with Gasteiger partial charge in [-0.1, -0.05) is 0 Å². The maximum Gasteiger partial charge on any atom is 0.218 e. The molecular formula is C8H10ClNO3. The maximum atomic E-state index is 9.43. The van der Waals surface area contributed by atoms with Crippen LogP contribution in [0, 0.1) is 5.41 Å². The number of furan rings is 1. The zero-order chi connectivity index (χ0) is 9.84. The molecule has 1 heterocycles. The minimum absolute atomic E-state index is 0.179. The highest BCUT2D eigenvalue weighted by Crippen LogP contribution is 2.20. The zero-order valence-corrected chi connectivity index (χ0v) is 7.84. The third-order valence-electron chi connectivity index (χ3n) is 1.41. The van der Waals surface area contributed by atoms with Crippen LogP contribution in [-0.2, 0) is 4.74 Å². The van der Waals surface area contributed by atoms with E-state index in [2.05, 4.69) is 0 Å². The van der Waals surface area contributed by atoms with Crippen LogP contribution in [0.1, 0.15) is 18.8 Å². The number of aliphatic hydroxyl groups excluding tert-OH is 1. The number of hydrogen-bond donors (Lipinski definition) is 2. The summed E-state index contributed by atoms with van der Waals surface area (Å²) in [4.78, 5) is 0.